The van der Waals surface area contributed by atoms with Gasteiger partial charge in [-0.3, -0.25) is 9.59 Å². The molecule has 4 N–H and O–H groups in total. The normalized spacial score (nSPS) is 28.7. The first-order valence-corrected chi connectivity index (χ1v) is 8.51. The number of hydrogen-bond donors (Lipinski definition) is 2. The predicted octanol–water partition coefficient (Wildman–Crippen LogP) is -1.73. The van der Waals surface area contributed by atoms with Gasteiger partial charge in [0.1, 0.15) is 11.4 Å². The van der Waals surface area contributed by atoms with Crippen LogP contribution in [0.5, 0.6) is 0 Å². The number of rotatable bonds is 4. The quantitative estimate of drug-likeness (QED) is 0.626. The molecule has 0 bridgehead atoms. The first-order chi connectivity index (χ1) is 11.2. The summed E-state index contributed by atoms with van der Waals surface area (Å²) in [5.41, 5.74) is 4.61. The van der Waals surface area contributed by atoms with E-state index in [9.17, 15) is 19.5 Å². The molecule has 2 aliphatic heterocycles. The Morgan fingerprint density at radius 2 is 1.96 bits per heavy atom. The third-order valence-corrected chi connectivity index (χ3v) is 6.05. The van der Waals surface area contributed by atoms with E-state index in [0.29, 0.717) is 0 Å². The van der Waals surface area contributed by atoms with Gasteiger partial charge in [0.2, 0.25) is 5.91 Å². The third-order valence-electron chi connectivity index (χ3n) is 4.48. The van der Waals surface area contributed by atoms with Crippen LogP contribution in [0.4, 0.5) is 0 Å². The Morgan fingerprint density at radius 1 is 1.33 bits per heavy atom. The molecule has 0 radical (unpaired) electrons. The van der Waals surface area contributed by atoms with E-state index in [1.807, 2.05) is 18.2 Å². The molecule has 2 heterocycles. The largest absolute Gasteiger partial charge is 0.548 e. The highest BCUT2D eigenvalue weighted by atomic mass is 32.2. The van der Waals surface area contributed by atoms with Crippen molar-refractivity contribution >= 4 is 29.5 Å². The Kier molecular flexibility index (Phi) is 4.05. The smallest absolute Gasteiger partial charge is 0.283 e. The summed E-state index contributed by atoms with van der Waals surface area (Å²) in [6.07, 6.45) is 0. The maximum Gasteiger partial charge on any atom is 0.283 e. The fourth-order valence-electron chi connectivity index (χ4n) is 3.22. The number of benzene rings is 1. The van der Waals surface area contributed by atoms with Crippen LogP contribution in [0.1, 0.15) is 25.5 Å². The van der Waals surface area contributed by atoms with E-state index in [2.05, 4.69) is 11.1 Å². The zero-order chi connectivity index (χ0) is 17.6. The van der Waals surface area contributed by atoms with Crippen molar-refractivity contribution in [3.63, 3.8) is 0 Å². The lowest BCUT2D eigenvalue weighted by Crippen LogP contribution is -2.73. The van der Waals surface area contributed by atoms with Crippen LogP contribution in [0.2, 0.25) is 0 Å². The lowest BCUT2D eigenvalue weighted by molar-refractivity contribution is -0.409. The van der Waals surface area contributed by atoms with E-state index in [1.165, 1.54) is 16.7 Å². The summed E-state index contributed by atoms with van der Waals surface area (Å²) in [5.74, 6) is -2.01. The van der Waals surface area contributed by atoms with Gasteiger partial charge in [-0.05, 0) is 13.8 Å². The summed E-state index contributed by atoms with van der Waals surface area (Å²) < 4.78 is -0.665. The number of carboxylic acids is 1. The van der Waals surface area contributed by atoms with Crippen LogP contribution in [0.3, 0.4) is 0 Å². The zero-order valence-electron chi connectivity index (χ0n) is 13.4. The van der Waals surface area contributed by atoms with Crippen LogP contribution < -0.4 is 16.2 Å². The van der Waals surface area contributed by atoms with Crippen LogP contribution >= 0.6 is 11.8 Å². The van der Waals surface area contributed by atoms with E-state index >= 15 is 0 Å². The van der Waals surface area contributed by atoms with Gasteiger partial charge >= 0.3 is 0 Å². The summed E-state index contributed by atoms with van der Waals surface area (Å²) in [5, 5.41) is 13.7. The molecule has 1 aromatic rings. The van der Waals surface area contributed by atoms with Gasteiger partial charge in [0.15, 0.2) is 6.04 Å². The monoisotopic (exact) mass is 349 g/mol. The average molecular weight is 349 g/mol. The van der Waals surface area contributed by atoms with Crippen molar-refractivity contribution in [3.8, 4) is 0 Å². The minimum absolute atomic E-state index is 0.352. The fraction of sp³-hybridized carbons (Fsp3) is 0.438. The standard InChI is InChI=1S/C16H19N3O4S/c1-16(2)11(15(22)23)19-13(21)10(14(19)24-16)18-12(20)9(17)8-6-4-3-5-7-8/h3-7,9-11,14H,17H2,1-2H3,(H,18,20)(H,22,23)/t9-,10-,11-,14-/m1/s1. The lowest BCUT2D eigenvalue weighted by atomic mass is 9.95. The Balaban J connectivity index is 1.71. The van der Waals surface area contributed by atoms with Gasteiger partial charge in [-0.2, -0.15) is 0 Å². The van der Waals surface area contributed by atoms with Crippen molar-refractivity contribution in [1.29, 1.82) is 0 Å². The molecule has 0 spiro atoms. The van der Waals surface area contributed by atoms with Crippen molar-refractivity contribution in [2.75, 3.05) is 0 Å². The van der Waals surface area contributed by atoms with Gasteiger partial charge in [-0.25, -0.2) is 0 Å². The Hall–Kier alpha value is -2.06. The molecular formula is C16H19N3O4S. The lowest BCUT2D eigenvalue weighted by Gasteiger charge is -2.45. The van der Waals surface area contributed by atoms with Crippen LogP contribution in [0.25, 0.3) is 0 Å². The summed E-state index contributed by atoms with van der Waals surface area (Å²) in [6, 6.07) is 6.73. The van der Waals surface area contributed by atoms with Gasteiger partial charge in [-0.15, -0.1) is 11.8 Å². The van der Waals surface area contributed by atoms with Gasteiger partial charge in [0.25, 0.3) is 5.91 Å². The number of hydrogen-bond acceptors (Lipinski definition) is 5. The number of carbonyl (C=O) groups is 3. The van der Waals surface area contributed by atoms with E-state index < -0.39 is 28.8 Å². The second-order valence-electron chi connectivity index (χ2n) is 6.53. The highest BCUT2D eigenvalue weighted by Gasteiger charge is 2.62. The minimum Gasteiger partial charge on any atom is -0.548 e. The van der Waals surface area contributed by atoms with Crippen molar-refractivity contribution in [2.24, 2.45) is 0 Å². The molecule has 0 aliphatic carbocycles. The number of carbonyl (C=O) groups excluding carboxylic acids is 3. The van der Waals surface area contributed by atoms with Crippen molar-refractivity contribution < 1.29 is 25.2 Å². The van der Waals surface area contributed by atoms with Crippen LogP contribution in [-0.4, -0.2) is 44.9 Å². The van der Waals surface area contributed by atoms with Crippen LogP contribution in [0.15, 0.2) is 30.3 Å². The molecule has 128 valence electrons. The summed E-state index contributed by atoms with van der Waals surface area (Å²) in [4.78, 5) is 37.4. The molecule has 0 saturated carbocycles. The van der Waals surface area contributed by atoms with Crippen molar-refractivity contribution in [3.05, 3.63) is 35.9 Å². The Labute approximate surface area is 143 Å². The molecule has 7 nitrogen and oxygen atoms in total. The second kappa shape index (κ2) is 5.78. The maximum atomic E-state index is 12.4. The maximum absolute atomic E-state index is 12.4. The number of quaternary nitrogens is 1. The van der Waals surface area contributed by atoms with Gasteiger partial charge in [-0.1, -0.05) is 30.3 Å². The molecular weight excluding hydrogens is 330 g/mol. The molecule has 24 heavy (non-hydrogen) atoms. The molecule has 2 aliphatic rings. The molecule has 8 heteroatoms. The van der Waals surface area contributed by atoms with Gasteiger partial charge < -0.3 is 25.9 Å². The summed E-state index contributed by atoms with van der Waals surface area (Å²) >= 11 is 1.36. The van der Waals surface area contributed by atoms with E-state index in [4.69, 9.17) is 0 Å². The summed E-state index contributed by atoms with van der Waals surface area (Å²) in [7, 11) is 0. The minimum atomic E-state index is -1.27. The average Bonchev–Trinajstić information content (AvgIpc) is 2.80. The first-order valence-electron chi connectivity index (χ1n) is 7.63. The van der Waals surface area contributed by atoms with E-state index in [0.717, 1.165) is 5.56 Å². The van der Waals surface area contributed by atoms with Gasteiger partial charge in [0, 0.05) is 10.3 Å². The fourth-order valence-corrected chi connectivity index (χ4v) is 4.84. The number of carboxylic acid groups (broad SMARTS) is 1. The topological polar surface area (TPSA) is 117 Å². The highest BCUT2D eigenvalue weighted by molar-refractivity contribution is 8.01. The molecule has 0 aromatic heterocycles. The number of amides is 2. The van der Waals surface area contributed by atoms with Crippen molar-refractivity contribution in [2.45, 2.75) is 42.1 Å². The zero-order valence-corrected chi connectivity index (χ0v) is 14.2. The predicted molar refractivity (Wildman–Crippen MR) is 85.1 cm³/mol. The molecule has 2 saturated heterocycles. The number of β-lactam (4-membered cyclic amide) rings is 1. The van der Waals surface area contributed by atoms with E-state index in [1.54, 1.807) is 26.0 Å². The number of fused-ring (bicyclic) bond motifs is 1. The van der Waals surface area contributed by atoms with E-state index in [-0.39, 0.29) is 17.2 Å². The van der Waals surface area contributed by atoms with Gasteiger partial charge in [0.05, 0.1) is 12.0 Å². The third kappa shape index (κ3) is 2.55. The summed E-state index contributed by atoms with van der Waals surface area (Å²) in [6.45, 7) is 3.52. The molecule has 1 aromatic carbocycles. The number of thioether (sulfide) groups is 1. The molecule has 2 amide bonds. The number of aliphatic carboxylic acids is 1. The van der Waals surface area contributed by atoms with Crippen LogP contribution in [-0.2, 0) is 14.4 Å². The molecule has 3 rings (SSSR count). The second-order valence-corrected chi connectivity index (χ2v) is 8.30. The SMILES string of the molecule is CC1(C)S[C@@H]2[C@H](NC(=O)[C@H]([NH3+])c3ccccc3)C(=O)N2[C@@H]1C(=O)[O-]. The van der Waals surface area contributed by atoms with Crippen molar-refractivity contribution in [1.82, 2.24) is 10.2 Å². The first kappa shape index (κ1) is 16.8. The molecule has 2 fully saturated rings. The number of nitrogens with one attached hydrogen (secondary N) is 1. The Morgan fingerprint density at radius 3 is 2.54 bits per heavy atom. The Bertz CT molecular complexity index is 694. The highest BCUT2D eigenvalue weighted by Crippen LogP contribution is 2.50. The number of nitrogens with zero attached hydrogens (tertiary/aromatic N) is 1. The van der Waals surface area contributed by atoms with Crippen LogP contribution in [0, 0.1) is 0 Å². The molecule has 4 atom stereocenters. The molecule has 0 unspecified atom stereocenters.